The lowest BCUT2D eigenvalue weighted by molar-refractivity contribution is 0.0507. The Morgan fingerprint density at radius 1 is 1.35 bits per heavy atom. The second-order valence-corrected chi connectivity index (χ2v) is 8.57. The van der Waals surface area contributed by atoms with Crippen LogP contribution in [0.3, 0.4) is 0 Å². The highest BCUT2D eigenvalue weighted by atomic mass is 16.6. The van der Waals surface area contributed by atoms with Crippen LogP contribution in [0.1, 0.15) is 52.9 Å². The van der Waals surface area contributed by atoms with Crippen molar-refractivity contribution < 1.29 is 14.3 Å². The lowest BCUT2D eigenvalue weighted by Crippen LogP contribution is -2.48. The Morgan fingerprint density at radius 3 is 2.62 bits per heavy atom. The van der Waals surface area contributed by atoms with Gasteiger partial charge in [-0.15, -0.1) is 0 Å². The highest BCUT2D eigenvalue weighted by Gasteiger charge is 2.37. The van der Waals surface area contributed by atoms with E-state index < -0.39 is 5.60 Å². The molecule has 1 atom stereocenters. The van der Waals surface area contributed by atoms with Gasteiger partial charge < -0.3 is 25.0 Å². The molecule has 7 nitrogen and oxygen atoms in total. The predicted octanol–water partition coefficient (Wildman–Crippen LogP) is 2.37. The molecular formula is C19H36N4O3. The molecule has 1 saturated carbocycles. The quantitative estimate of drug-likeness (QED) is 0.556. The Kier molecular flexibility index (Phi) is 7.15. The number of nitrogens with one attached hydrogen (secondary N) is 2. The first-order valence-electron chi connectivity index (χ1n) is 9.71. The van der Waals surface area contributed by atoms with Crippen LogP contribution >= 0.6 is 0 Å². The molecule has 0 aromatic heterocycles. The number of nitrogens with zero attached hydrogens (tertiary/aromatic N) is 2. The molecule has 7 heteroatoms. The number of hydrogen-bond acceptors (Lipinski definition) is 4. The summed E-state index contributed by atoms with van der Waals surface area (Å²) in [6.45, 7) is 9.00. The van der Waals surface area contributed by atoms with Crippen molar-refractivity contribution in [3.63, 3.8) is 0 Å². The molecule has 1 aliphatic heterocycles. The summed E-state index contributed by atoms with van der Waals surface area (Å²) in [7, 11) is 3.58. The first kappa shape index (κ1) is 20.8. The molecule has 0 unspecified atom stereocenters. The maximum absolute atomic E-state index is 12.0. The fourth-order valence-corrected chi connectivity index (χ4v) is 3.65. The van der Waals surface area contributed by atoms with Crippen LogP contribution in [0.15, 0.2) is 4.99 Å². The van der Waals surface area contributed by atoms with E-state index in [0.29, 0.717) is 5.41 Å². The van der Waals surface area contributed by atoms with Crippen molar-refractivity contribution in [2.24, 2.45) is 10.4 Å². The standard InChI is InChI=1S/C19H36N4O3/c1-18(2,3)26-17(24)22-15-7-11-23(13-15)16(20-4)21-14-19(8-6-9-19)10-12-25-5/h15H,6-14H2,1-5H3,(H,20,21)(H,22,24)/t15-/m1/s1. The first-order valence-corrected chi connectivity index (χ1v) is 9.71. The lowest BCUT2D eigenvalue weighted by atomic mass is 9.67. The maximum atomic E-state index is 12.0. The molecule has 26 heavy (non-hydrogen) atoms. The summed E-state index contributed by atoms with van der Waals surface area (Å²) in [5.41, 5.74) is -0.126. The van der Waals surface area contributed by atoms with E-state index in [-0.39, 0.29) is 12.1 Å². The van der Waals surface area contributed by atoms with E-state index in [9.17, 15) is 4.79 Å². The van der Waals surface area contributed by atoms with Gasteiger partial charge in [-0.1, -0.05) is 6.42 Å². The Bertz CT molecular complexity index is 498. The zero-order chi connectivity index (χ0) is 19.2. The predicted molar refractivity (Wildman–Crippen MR) is 103 cm³/mol. The Morgan fingerprint density at radius 2 is 2.08 bits per heavy atom. The van der Waals surface area contributed by atoms with Gasteiger partial charge >= 0.3 is 6.09 Å². The molecule has 150 valence electrons. The van der Waals surface area contributed by atoms with Gasteiger partial charge in [0.25, 0.3) is 0 Å². The molecule has 2 N–H and O–H groups in total. The van der Waals surface area contributed by atoms with Gasteiger partial charge in [0.2, 0.25) is 0 Å². The van der Waals surface area contributed by atoms with E-state index in [4.69, 9.17) is 9.47 Å². The highest BCUT2D eigenvalue weighted by Crippen LogP contribution is 2.43. The van der Waals surface area contributed by atoms with Gasteiger partial charge in [0.15, 0.2) is 5.96 Å². The number of likely N-dealkylation sites (tertiary alicyclic amines) is 1. The molecule has 1 amide bonds. The Hall–Kier alpha value is -1.50. The number of methoxy groups -OCH3 is 1. The first-order chi connectivity index (χ1) is 12.3. The number of carbonyl (C=O) groups is 1. The van der Waals surface area contributed by atoms with Gasteiger partial charge in [0.05, 0.1) is 6.04 Å². The molecule has 1 heterocycles. The monoisotopic (exact) mass is 368 g/mol. The van der Waals surface area contributed by atoms with Crippen molar-refractivity contribution >= 4 is 12.1 Å². The zero-order valence-electron chi connectivity index (χ0n) is 17.1. The maximum Gasteiger partial charge on any atom is 0.407 e. The van der Waals surface area contributed by atoms with Crippen LogP contribution in [0.5, 0.6) is 0 Å². The van der Waals surface area contributed by atoms with E-state index in [2.05, 4.69) is 20.5 Å². The molecule has 2 aliphatic rings. The van der Waals surface area contributed by atoms with Gasteiger partial charge in [-0.05, 0) is 51.9 Å². The highest BCUT2D eigenvalue weighted by molar-refractivity contribution is 5.80. The van der Waals surface area contributed by atoms with Crippen LogP contribution in [0.4, 0.5) is 4.79 Å². The fraction of sp³-hybridized carbons (Fsp3) is 0.895. The number of alkyl carbamates (subject to hydrolysis) is 1. The normalized spacial score (nSPS) is 22.7. The number of carbonyl (C=O) groups excluding carboxylic acids is 1. The summed E-state index contributed by atoms with van der Waals surface area (Å²) in [5, 5.41) is 6.52. The van der Waals surface area contributed by atoms with Gasteiger partial charge in [-0.25, -0.2) is 4.79 Å². The third-order valence-corrected chi connectivity index (χ3v) is 5.29. The number of guanidine groups is 1. The molecule has 0 radical (unpaired) electrons. The van der Waals surface area contributed by atoms with Crippen molar-refractivity contribution in [2.75, 3.05) is 40.4 Å². The molecule has 0 bridgehead atoms. The van der Waals surface area contributed by atoms with Gasteiger partial charge in [-0.2, -0.15) is 0 Å². The van der Waals surface area contributed by atoms with Gasteiger partial charge in [0.1, 0.15) is 5.60 Å². The third kappa shape index (κ3) is 6.04. The lowest BCUT2D eigenvalue weighted by Gasteiger charge is -2.42. The summed E-state index contributed by atoms with van der Waals surface area (Å²) >= 11 is 0. The second kappa shape index (κ2) is 8.93. The van der Waals surface area contributed by atoms with Crippen molar-refractivity contribution in [2.45, 2.75) is 64.5 Å². The number of ether oxygens (including phenoxy) is 2. The van der Waals surface area contributed by atoms with Crippen molar-refractivity contribution in [1.29, 1.82) is 0 Å². The average Bonchev–Trinajstić information content (AvgIpc) is 2.95. The Labute approximate surface area is 157 Å². The largest absolute Gasteiger partial charge is 0.444 e. The van der Waals surface area contributed by atoms with E-state index in [1.54, 1.807) is 7.11 Å². The molecular weight excluding hydrogens is 332 g/mol. The van der Waals surface area contributed by atoms with E-state index >= 15 is 0 Å². The second-order valence-electron chi connectivity index (χ2n) is 8.57. The van der Waals surface area contributed by atoms with E-state index in [1.165, 1.54) is 19.3 Å². The molecule has 1 saturated heterocycles. The number of hydrogen-bond donors (Lipinski definition) is 2. The number of rotatable bonds is 6. The molecule has 1 aliphatic carbocycles. The van der Waals surface area contributed by atoms with Gasteiger partial charge in [-0.3, -0.25) is 4.99 Å². The number of aliphatic imine (C=N–C) groups is 1. The van der Waals surface area contributed by atoms with Crippen LogP contribution in [0.2, 0.25) is 0 Å². The zero-order valence-corrected chi connectivity index (χ0v) is 17.1. The van der Waals surface area contributed by atoms with Crippen LogP contribution in [-0.4, -0.2) is 69.0 Å². The Balaban J connectivity index is 1.79. The minimum absolute atomic E-state index is 0.0922. The summed E-state index contributed by atoms with van der Waals surface area (Å²) in [5.74, 6) is 0.919. The van der Waals surface area contributed by atoms with Crippen molar-refractivity contribution in [3.8, 4) is 0 Å². The van der Waals surface area contributed by atoms with Crippen LogP contribution in [-0.2, 0) is 9.47 Å². The van der Waals surface area contributed by atoms with Crippen molar-refractivity contribution in [3.05, 3.63) is 0 Å². The fourth-order valence-electron chi connectivity index (χ4n) is 3.65. The molecule has 0 spiro atoms. The molecule has 2 fully saturated rings. The SMILES string of the molecule is CN=C(NCC1(CCOC)CCC1)N1CC[C@@H](NC(=O)OC(C)(C)C)C1. The number of amides is 1. The van der Waals surface area contributed by atoms with Crippen LogP contribution in [0.25, 0.3) is 0 Å². The minimum atomic E-state index is -0.473. The van der Waals surface area contributed by atoms with Crippen LogP contribution < -0.4 is 10.6 Å². The summed E-state index contributed by atoms with van der Waals surface area (Å²) in [4.78, 5) is 18.6. The van der Waals surface area contributed by atoms with Crippen LogP contribution in [0, 0.1) is 5.41 Å². The topological polar surface area (TPSA) is 75.2 Å². The molecule has 0 aromatic rings. The summed E-state index contributed by atoms with van der Waals surface area (Å²) < 4.78 is 10.6. The molecule has 2 rings (SSSR count). The molecule has 0 aromatic carbocycles. The average molecular weight is 369 g/mol. The van der Waals surface area contributed by atoms with Crippen molar-refractivity contribution in [1.82, 2.24) is 15.5 Å². The van der Waals surface area contributed by atoms with Gasteiger partial charge in [0, 0.05) is 40.4 Å². The third-order valence-electron chi connectivity index (χ3n) is 5.29. The van der Waals surface area contributed by atoms with E-state index in [0.717, 1.165) is 45.0 Å². The summed E-state index contributed by atoms with van der Waals surface area (Å²) in [6, 6.07) is 0.0922. The minimum Gasteiger partial charge on any atom is -0.444 e. The smallest absolute Gasteiger partial charge is 0.407 e. The van der Waals surface area contributed by atoms with E-state index in [1.807, 2.05) is 27.8 Å². The summed E-state index contributed by atoms with van der Waals surface area (Å²) in [6.07, 6.45) is 5.45.